The van der Waals surface area contributed by atoms with Crippen LogP contribution in [0.4, 0.5) is 15.5 Å². The quantitative estimate of drug-likeness (QED) is 0.796. The summed E-state index contributed by atoms with van der Waals surface area (Å²) in [6, 6.07) is 1.39. The van der Waals surface area contributed by atoms with Gasteiger partial charge in [0.15, 0.2) is 0 Å². The Balaban J connectivity index is 3.28. The normalized spacial score (nSPS) is 9.47. The van der Waals surface area contributed by atoms with Crippen LogP contribution in [0.3, 0.4) is 0 Å². The SMILES string of the molecule is COC(=O)N(C(=O)OC)c1nc(OC)cc(OC)n1. The van der Waals surface area contributed by atoms with Crippen molar-refractivity contribution >= 4 is 18.1 Å². The minimum absolute atomic E-state index is 0.111. The lowest BCUT2D eigenvalue weighted by atomic mass is 10.5. The highest BCUT2D eigenvalue weighted by Crippen LogP contribution is 2.21. The molecule has 9 heteroatoms. The first kappa shape index (κ1) is 14.5. The molecule has 0 bridgehead atoms. The van der Waals surface area contributed by atoms with E-state index in [9.17, 15) is 9.59 Å². The molecule has 0 radical (unpaired) electrons. The van der Waals surface area contributed by atoms with E-state index >= 15 is 0 Å². The molecule has 104 valence electrons. The Kier molecular flexibility index (Phi) is 4.86. The highest BCUT2D eigenvalue weighted by atomic mass is 16.6. The van der Waals surface area contributed by atoms with E-state index in [1.54, 1.807) is 0 Å². The predicted octanol–water partition coefficient (Wildman–Crippen LogP) is 0.833. The number of aromatic nitrogens is 2. The molecule has 1 aromatic heterocycles. The van der Waals surface area contributed by atoms with Crippen molar-refractivity contribution in [1.29, 1.82) is 0 Å². The molecule has 0 saturated carbocycles. The second kappa shape index (κ2) is 6.38. The molecule has 9 nitrogen and oxygen atoms in total. The minimum Gasteiger partial charge on any atom is -0.481 e. The fourth-order valence-electron chi connectivity index (χ4n) is 1.12. The van der Waals surface area contributed by atoms with Crippen LogP contribution in [0, 0.1) is 0 Å². The Morgan fingerprint density at radius 3 is 1.68 bits per heavy atom. The first-order valence-corrected chi connectivity index (χ1v) is 5.00. The fourth-order valence-corrected chi connectivity index (χ4v) is 1.12. The van der Waals surface area contributed by atoms with Gasteiger partial charge in [-0.3, -0.25) is 0 Å². The molecule has 1 aromatic rings. The molecule has 0 aliphatic rings. The molecular formula is C10H13N3O6. The Morgan fingerprint density at radius 1 is 0.947 bits per heavy atom. The third-order valence-electron chi connectivity index (χ3n) is 2.00. The second-order valence-electron chi connectivity index (χ2n) is 3.03. The first-order chi connectivity index (χ1) is 9.07. The van der Waals surface area contributed by atoms with Gasteiger partial charge in [-0.15, -0.1) is 4.90 Å². The van der Waals surface area contributed by atoms with Gasteiger partial charge < -0.3 is 18.9 Å². The van der Waals surface area contributed by atoms with Crippen LogP contribution < -0.4 is 14.4 Å². The summed E-state index contributed by atoms with van der Waals surface area (Å²) in [5.41, 5.74) is 0. The number of hydrogen-bond acceptors (Lipinski definition) is 8. The Morgan fingerprint density at radius 2 is 1.37 bits per heavy atom. The van der Waals surface area contributed by atoms with E-state index in [0.717, 1.165) is 14.2 Å². The third kappa shape index (κ3) is 3.21. The van der Waals surface area contributed by atoms with Crippen molar-refractivity contribution in [2.24, 2.45) is 0 Å². The van der Waals surface area contributed by atoms with Crippen LogP contribution in [-0.2, 0) is 9.47 Å². The van der Waals surface area contributed by atoms with Gasteiger partial charge in [0.2, 0.25) is 11.8 Å². The molecule has 0 aliphatic heterocycles. The van der Waals surface area contributed by atoms with Crippen LogP contribution in [0.25, 0.3) is 0 Å². The van der Waals surface area contributed by atoms with E-state index in [4.69, 9.17) is 9.47 Å². The zero-order valence-electron chi connectivity index (χ0n) is 10.9. The van der Waals surface area contributed by atoms with Crippen LogP contribution >= 0.6 is 0 Å². The van der Waals surface area contributed by atoms with Crippen molar-refractivity contribution in [3.05, 3.63) is 6.07 Å². The van der Waals surface area contributed by atoms with Gasteiger partial charge >= 0.3 is 12.2 Å². The zero-order valence-corrected chi connectivity index (χ0v) is 10.9. The average Bonchev–Trinajstić information content (AvgIpc) is 2.46. The summed E-state index contributed by atoms with van der Waals surface area (Å²) >= 11 is 0. The number of imide groups is 1. The number of anilines is 1. The van der Waals surface area contributed by atoms with Gasteiger partial charge in [0, 0.05) is 0 Å². The van der Waals surface area contributed by atoms with Crippen LogP contribution in [0.5, 0.6) is 11.8 Å². The zero-order chi connectivity index (χ0) is 14.4. The summed E-state index contributed by atoms with van der Waals surface area (Å²) in [4.78, 5) is 31.3. The highest BCUT2D eigenvalue weighted by Gasteiger charge is 2.29. The van der Waals surface area contributed by atoms with Gasteiger partial charge in [-0.2, -0.15) is 9.97 Å². The summed E-state index contributed by atoms with van der Waals surface area (Å²) in [5.74, 6) is -0.0609. The van der Waals surface area contributed by atoms with E-state index in [1.807, 2.05) is 0 Å². The molecular weight excluding hydrogens is 258 g/mol. The van der Waals surface area contributed by atoms with Gasteiger partial charge in [0.05, 0.1) is 34.5 Å². The summed E-state index contributed by atoms with van der Waals surface area (Å²) in [5, 5.41) is 0. The number of methoxy groups -OCH3 is 4. The van der Waals surface area contributed by atoms with Crippen LogP contribution in [-0.4, -0.2) is 50.6 Å². The van der Waals surface area contributed by atoms with Crippen LogP contribution in [0.2, 0.25) is 0 Å². The van der Waals surface area contributed by atoms with Gasteiger partial charge in [-0.1, -0.05) is 0 Å². The Hall–Kier alpha value is -2.58. The molecule has 1 heterocycles. The highest BCUT2D eigenvalue weighted by molar-refractivity contribution is 6.07. The first-order valence-electron chi connectivity index (χ1n) is 5.00. The minimum atomic E-state index is -0.998. The molecule has 0 atom stereocenters. The van der Waals surface area contributed by atoms with Crippen molar-refractivity contribution < 1.29 is 28.5 Å². The van der Waals surface area contributed by atoms with Crippen LogP contribution in [0.15, 0.2) is 6.07 Å². The average molecular weight is 271 g/mol. The molecule has 19 heavy (non-hydrogen) atoms. The van der Waals surface area contributed by atoms with Crippen LogP contribution in [0.1, 0.15) is 0 Å². The molecule has 0 N–H and O–H groups in total. The van der Waals surface area contributed by atoms with E-state index in [-0.39, 0.29) is 17.7 Å². The standard InChI is InChI=1S/C10H13N3O6/c1-16-6-5-7(17-2)12-8(11-6)13(9(14)18-3)10(15)19-4/h5H,1-4H3. The second-order valence-corrected chi connectivity index (χ2v) is 3.03. The van der Waals surface area contributed by atoms with E-state index in [2.05, 4.69) is 19.4 Å². The van der Waals surface area contributed by atoms with Gasteiger partial charge in [0.1, 0.15) is 0 Å². The van der Waals surface area contributed by atoms with E-state index in [1.165, 1.54) is 20.3 Å². The van der Waals surface area contributed by atoms with Gasteiger partial charge in [-0.25, -0.2) is 9.59 Å². The van der Waals surface area contributed by atoms with Gasteiger partial charge in [-0.05, 0) is 0 Å². The maximum atomic E-state index is 11.6. The van der Waals surface area contributed by atoms with E-state index in [0.29, 0.717) is 4.90 Å². The third-order valence-corrected chi connectivity index (χ3v) is 2.00. The lowest BCUT2D eigenvalue weighted by Crippen LogP contribution is -2.38. The predicted molar refractivity (Wildman–Crippen MR) is 62.4 cm³/mol. The largest absolute Gasteiger partial charge is 0.481 e. The molecule has 1 rings (SSSR count). The maximum Gasteiger partial charge on any atom is 0.426 e. The molecule has 0 spiro atoms. The lowest BCUT2D eigenvalue weighted by Gasteiger charge is -2.16. The van der Waals surface area contributed by atoms with Crippen molar-refractivity contribution in [2.75, 3.05) is 33.3 Å². The van der Waals surface area contributed by atoms with Crippen molar-refractivity contribution in [3.8, 4) is 11.8 Å². The maximum absolute atomic E-state index is 11.6. The number of nitrogens with zero attached hydrogens (tertiary/aromatic N) is 3. The fraction of sp³-hybridized carbons (Fsp3) is 0.400. The van der Waals surface area contributed by atoms with Crippen molar-refractivity contribution in [3.63, 3.8) is 0 Å². The number of carbonyl (C=O) groups excluding carboxylic acids is 2. The number of rotatable bonds is 3. The number of hydrogen-bond donors (Lipinski definition) is 0. The Bertz CT molecular complexity index is 440. The molecule has 0 unspecified atom stereocenters. The van der Waals surface area contributed by atoms with Crippen molar-refractivity contribution in [1.82, 2.24) is 9.97 Å². The summed E-state index contributed by atoms with van der Waals surface area (Å²) in [7, 11) is 4.95. The summed E-state index contributed by atoms with van der Waals surface area (Å²) in [6.07, 6.45) is -2.00. The number of carbonyl (C=O) groups is 2. The smallest absolute Gasteiger partial charge is 0.426 e. The lowest BCUT2D eigenvalue weighted by molar-refractivity contribution is 0.159. The van der Waals surface area contributed by atoms with E-state index < -0.39 is 12.2 Å². The molecule has 0 fully saturated rings. The molecule has 2 amide bonds. The molecule has 0 aromatic carbocycles. The number of ether oxygens (including phenoxy) is 4. The summed E-state index contributed by atoms with van der Waals surface area (Å²) < 4.78 is 18.7. The van der Waals surface area contributed by atoms with Gasteiger partial charge in [0.25, 0.3) is 5.95 Å². The monoisotopic (exact) mass is 271 g/mol. The molecule has 0 saturated heterocycles. The summed E-state index contributed by atoms with van der Waals surface area (Å²) in [6.45, 7) is 0. The number of amides is 2. The topological polar surface area (TPSA) is 100 Å². The molecule has 0 aliphatic carbocycles. The van der Waals surface area contributed by atoms with Crippen molar-refractivity contribution in [2.45, 2.75) is 0 Å². The Labute approximate surface area is 109 Å².